The van der Waals surface area contributed by atoms with E-state index in [1.54, 1.807) is 4.90 Å². The minimum Gasteiger partial charge on any atom is -0.480 e. The number of ether oxygens (including phenoxy) is 3. The molecule has 2 atom stereocenters. The molecule has 2 saturated heterocycles. The predicted octanol–water partition coefficient (Wildman–Crippen LogP) is 2.83. The van der Waals surface area contributed by atoms with Crippen LogP contribution in [0.5, 0.6) is 5.88 Å². The largest absolute Gasteiger partial charge is 0.480 e. The third kappa shape index (κ3) is 4.21. The van der Waals surface area contributed by atoms with Gasteiger partial charge in [0.25, 0.3) is 0 Å². The molecule has 7 nitrogen and oxygen atoms in total. The number of morpholine rings is 1. The average molecular weight is 380 g/mol. The Morgan fingerprint density at radius 3 is 2.44 bits per heavy atom. The first-order valence-electron chi connectivity index (χ1n) is 9.02. The van der Waals surface area contributed by atoms with Crippen molar-refractivity contribution in [3.05, 3.63) is 23.6 Å². The van der Waals surface area contributed by atoms with E-state index in [0.29, 0.717) is 26.1 Å². The number of Topliss-reactive ketones (excluding diaryl/α,β-unsaturated/α-hetero) is 1. The first-order valence-corrected chi connectivity index (χ1v) is 9.02. The summed E-state index contributed by atoms with van der Waals surface area (Å²) in [6, 6.07) is 0.642. The fraction of sp³-hybridized carbons (Fsp3) is 0.632. The number of halogens is 1. The van der Waals surface area contributed by atoms with Gasteiger partial charge in [-0.15, -0.1) is 0 Å². The van der Waals surface area contributed by atoms with E-state index in [4.69, 9.17) is 14.2 Å². The maximum absolute atomic E-state index is 13.6. The van der Waals surface area contributed by atoms with Crippen LogP contribution in [0.15, 0.2) is 12.3 Å². The summed E-state index contributed by atoms with van der Waals surface area (Å²) >= 11 is 0. The van der Waals surface area contributed by atoms with E-state index >= 15 is 0 Å². The Morgan fingerprint density at radius 1 is 1.26 bits per heavy atom. The summed E-state index contributed by atoms with van der Waals surface area (Å²) in [4.78, 5) is 31.1. The number of rotatable bonds is 3. The monoisotopic (exact) mass is 380 g/mol. The Hall–Kier alpha value is -2.22. The summed E-state index contributed by atoms with van der Waals surface area (Å²) in [6.45, 7) is 6.14. The molecule has 0 aromatic carbocycles. The van der Waals surface area contributed by atoms with Crippen molar-refractivity contribution in [2.24, 2.45) is 5.92 Å². The summed E-state index contributed by atoms with van der Waals surface area (Å²) in [5.74, 6) is -1.06. The summed E-state index contributed by atoms with van der Waals surface area (Å²) in [5, 5.41) is 0. The van der Waals surface area contributed by atoms with Crippen molar-refractivity contribution in [3.8, 4) is 5.88 Å². The van der Waals surface area contributed by atoms with Crippen molar-refractivity contribution in [2.75, 3.05) is 20.3 Å². The Morgan fingerprint density at radius 2 is 1.89 bits per heavy atom. The molecule has 2 bridgehead atoms. The Labute approximate surface area is 157 Å². The van der Waals surface area contributed by atoms with Gasteiger partial charge in [-0.05, 0) is 39.7 Å². The standard InChI is InChI=1S/C19H25FN2O5/c1-19(2,3)27-18(24)22-13-5-11(6-14(22)10-26-9-13)16(23)15-7-12(20)8-21-17(15)25-4/h7-8,11,13-14H,5-6,9-10H2,1-4H3. The summed E-state index contributed by atoms with van der Waals surface area (Å²) in [5.41, 5.74) is -0.466. The molecule has 0 N–H and O–H groups in total. The topological polar surface area (TPSA) is 78.0 Å². The Kier molecular flexibility index (Phi) is 5.37. The van der Waals surface area contributed by atoms with Crippen LogP contribution < -0.4 is 4.74 Å². The fourth-order valence-electron chi connectivity index (χ4n) is 3.73. The van der Waals surface area contributed by atoms with E-state index in [0.717, 1.165) is 12.3 Å². The molecule has 27 heavy (non-hydrogen) atoms. The van der Waals surface area contributed by atoms with Crippen LogP contribution in [0.4, 0.5) is 9.18 Å². The number of hydrogen-bond donors (Lipinski definition) is 0. The normalized spacial score (nSPS) is 25.1. The number of ketones is 1. The third-order valence-corrected chi connectivity index (χ3v) is 4.77. The molecule has 1 aromatic rings. The minimum absolute atomic E-state index is 0.109. The van der Waals surface area contributed by atoms with Crippen molar-refractivity contribution in [1.82, 2.24) is 9.88 Å². The summed E-state index contributed by atoms with van der Waals surface area (Å²) < 4.78 is 29.8. The lowest BCUT2D eigenvalue weighted by Gasteiger charge is -2.47. The molecule has 2 aliphatic heterocycles. The lowest BCUT2D eigenvalue weighted by atomic mass is 9.81. The molecule has 2 fully saturated rings. The number of amides is 1. The molecule has 1 amide bonds. The van der Waals surface area contributed by atoms with Crippen LogP contribution in [-0.4, -0.2) is 59.8 Å². The second kappa shape index (κ2) is 7.42. The number of carbonyl (C=O) groups is 2. The highest BCUT2D eigenvalue weighted by molar-refractivity contribution is 6.00. The summed E-state index contributed by atoms with van der Waals surface area (Å²) in [6.07, 6.45) is 1.47. The molecule has 2 unspecified atom stereocenters. The van der Waals surface area contributed by atoms with Gasteiger partial charge in [0.1, 0.15) is 11.4 Å². The SMILES string of the molecule is COc1ncc(F)cc1C(=O)C1CC2COCC(C1)N2C(=O)OC(C)(C)C. The third-order valence-electron chi connectivity index (χ3n) is 4.77. The van der Waals surface area contributed by atoms with Gasteiger partial charge in [-0.1, -0.05) is 0 Å². The van der Waals surface area contributed by atoms with E-state index in [-0.39, 0.29) is 35.2 Å². The van der Waals surface area contributed by atoms with Crippen LogP contribution in [0.3, 0.4) is 0 Å². The Bertz CT molecular complexity index is 719. The maximum Gasteiger partial charge on any atom is 0.410 e. The first kappa shape index (κ1) is 19.5. The fourth-order valence-corrected chi connectivity index (χ4v) is 3.73. The molecule has 0 aliphatic carbocycles. The number of hydrogen-bond acceptors (Lipinski definition) is 6. The zero-order chi connectivity index (χ0) is 19.8. The number of methoxy groups -OCH3 is 1. The van der Waals surface area contributed by atoms with E-state index in [1.807, 2.05) is 20.8 Å². The number of piperidine rings is 1. The molecule has 3 heterocycles. The van der Waals surface area contributed by atoms with Crippen molar-refractivity contribution < 1.29 is 28.2 Å². The highest BCUT2D eigenvalue weighted by atomic mass is 19.1. The van der Waals surface area contributed by atoms with Crippen LogP contribution in [0.1, 0.15) is 44.0 Å². The first-order chi connectivity index (χ1) is 12.7. The van der Waals surface area contributed by atoms with Crippen LogP contribution >= 0.6 is 0 Å². The van der Waals surface area contributed by atoms with Gasteiger partial charge >= 0.3 is 6.09 Å². The number of fused-ring (bicyclic) bond motifs is 2. The van der Waals surface area contributed by atoms with Crippen molar-refractivity contribution in [2.45, 2.75) is 51.3 Å². The van der Waals surface area contributed by atoms with Gasteiger partial charge in [-0.3, -0.25) is 9.69 Å². The van der Waals surface area contributed by atoms with Gasteiger partial charge < -0.3 is 14.2 Å². The van der Waals surface area contributed by atoms with E-state index < -0.39 is 17.5 Å². The summed E-state index contributed by atoms with van der Waals surface area (Å²) in [7, 11) is 1.39. The molecular weight excluding hydrogens is 355 g/mol. The molecule has 0 spiro atoms. The predicted molar refractivity (Wildman–Crippen MR) is 94.3 cm³/mol. The number of pyridine rings is 1. The molecule has 8 heteroatoms. The van der Waals surface area contributed by atoms with Gasteiger partial charge in [0, 0.05) is 5.92 Å². The number of carbonyl (C=O) groups excluding carboxylic acids is 2. The van der Waals surface area contributed by atoms with E-state index in [9.17, 15) is 14.0 Å². The highest BCUT2D eigenvalue weighted by Crippen LogP contribution is 2.35. The van der Waals surface area contributed by atoms with Crippen LogP contribution in [-0.2, 0) is 9.47 Å². The van der Waals surface area contributed by atoms with Gasteiger partial charge in [0.15, 0.2) is 5.78 Å². The second-order valence-corrected chi connectivity index (χ2v) is 7.98. The lowest BCUT2D eigenvalue weighted by Crippen LogP contribution is -2.60. The molecule has 0 radical (unpaired) electrons. The van der Waals surface area contributed by atoms with Crippen molar-refractivity contribution >= 4 is 11.9 Å². The number of nitrogens with zero attached hydrogens (tertiary/aromatic N) is 2. The minimum atomic E-state index is -0.598. The second-order valence-electron chi connectivity index (χ2n) is 7.98. The van der Waals surface area contributed by atoms with Gasteiger partial charge in [-0.25, -0.2) is 14.2 Å². The van der Waals surface area contributed by atoms with Crippen molar-refractivity contribution in [1.29, 1.82) is 0 Å². The van der Waals surface area contributed by atoms with Gasteiger partial charge in [0.2, 0.25) is 5.88 Å². The van der Waals surface area contributed by atoms with Crippen LogP contribution in [0, 0.1) is 11.7 Å². The molecule has 2 aliphatic rings. The number of aromatic nitrogens is 1. The molecule has 148 valence electrons. The van der Waals surface area contributed by atoms with Crippen molar-refractivity contribution in [3.63, 3.8) is 0 Å². The van der Waals surface area contributed by atoms with Gasteiger partial charge in [-0.2, -0.15) is 0 Å². The maximum atomic E-state index is 13.6. The van der Waals surface area contributed by atoms with E-state index in [2.05, 4.69) is 4.98 Å². The highest BCUT2D eigenvalue weighted by Gasteiger charge is 2.45. The zero-order valence-electron chi connectivity index (χ0n) is 16.0. The molecule has 1 aromatic heterocycles. The van der Waals surface area contributed by atoms with E-state index in [1.165, 1.54) is 7.11 Å². The average Bonchev–Trinajstić information content (AvgIpc) is 2.58. The van der Waals surface area contributed by atoms with Crippen LogP contribution in [0.25, 0.3) is 0 Å². The van der Waals surface area contributed by atoms with Gasteiger partial charge in [0.05, 0.1) is 44.2 Å². The lowest BCUT2D eigenvalue weighted by molar-refractivity contribution is -0.0861. The Balaban J connectivity index is 1.79. The van der Waals surface area contributed by atoms with Crippen LogP contribution in [0.2, 0.25) is 0 Å². The molecule has 0 saturated carbocycles. The molecule has 3 rings (SSSR count). The molecular formula is C19H25FN2O5. The smallest absolute Gasteiger partial charge is 0.410 e. The quantitative estimate of drug-likeness (QED) is 0.751. The zero-order valence-corrected chi connectivity index (χ0v) is 16.0.